The summed E-state index contributed by atoms with van der Waals surface area (Å²) in [5, 5.41) is 0. The molecule has 0 atom stereocenters. The molecule has 0 bridgehead atoms. The number of unbranched alkanes of at least 4 members (excludes halogenated alkanes) is 3. The molecule has 2 aromatic rings. The summed E-state index contributed by atoms with van der Waals surface area (Å²) in [5.41, 5.74) is 0.692. The van der Waals surface area contributed by atoms with E-state index in [1.165, 1.54) is 6.07 Å². The van der Waals surface area contributed by atoms with Gasteiger partial charge in [-0.1, -0.05) is 26.2 Å². The molecule has 19 heavy (non-hydrogen) atoms. The van der Waals surface area contributed by atoms with Gasteiger partial charge in [0.2, 0.25) is 0 Å². The molecule has 0 aliphatic heterocycles. The first-order chi connectivity index (χ1) is 9.17. The third-order valence-corrected chi connectivity index (χ3v) is 3.45. The summed E-state index contributed by atoms with van der Waals surface area (Å²) < 4.78 is 28.8. The second-order valence-corrected chi connectivity index (χ2v) is 4.90. The van der Waals surface area contributed by atoms with Crippen molar-refractivity contribution < 1.29 is 8.78 Å². The molecule has 104 valence electrons. The number of benzene rings is 1. The van der Waals surface area contributed by atoms with Gasteiger partial charge in [0.1, 0.15) is 17.2 Å². The van der Waals surface area contributed by atoms with Gasteiger partial charge in [-0.3, -0.25) is 0 Å². The van der Waals surface area contributed by atoms with Crippen LogP contribution in [0.4, 0.5) is 8.78 Å². The lowest BCUT2D eigenvalue weighted by molar-refractivity contribution is 0.576. The van der Waals surface area contributed by atoms with Crippen LogP contribution in [0.5, 0.6) is 0 Å². The monoisotopic (exact) mass is 286 g/mol. The van der Waals surface area contributed by atoms with Crippen LogP contribution in [0.3, 0.4) is 0 Å². The number of aromatic nitrogens is 2. The molecule has 0 amide bonds. The Morgan fingerprint density at radius 3 is 2.68 bits per heavy atom. The fourth-order valence-electron chi connectivity index (χ4n) is 2.25. The molecule has 0 N–H and O–H groups in total. The Labute approximate surface area is 116 Å². The van der Waals surface area contributed by atoms with Gasteiger partial charge in [0.05, 0.1) is 11.4 Å². The minimum Gasteiger partial charge on any atom is -0.327 e. The highest BCUT2D eigenvalue weighted by Crippen LogP contribution is 2.22. The molecule has 0 aliphatic carbocycles. The second-order valence-electron chi connectivity index (χ2n) is 4.63. The molecule has 0 fully saturated rings. The first-order valence-corrected chi connectivity index (χ1v) is 7.11. The topological polar surface area (TPSA) is 17.8 Å². The number of nitrogens with zero attached hydrogens (tertiary/aromatic N) is 2. The zero-order valence-electron chi connectivity index (χ0n) is 10.9. The predicted octanol–water partition coefficient (Wildman–Crippen LogP) is 4.63. The molecule has 1 aromatic carbocycles. The van der Waals surface area contributed by atoms with E-state index in [4.69, 9.17) is 11.6 Å². The van der Waals surface area contributed by atoms with E-state index in [0.29, 0.717) is 17.9 Å². The molecule has 0 saturated carbocycles. The summed E-state index contributed by atoms with van der Waals surface area (Å²) in [6.45, 7) is 2.84. The molecular formula is C14H17ClF2N2. The molecule has 0 aliphatic rings. The highest BCUT2D eigenvalue weighted by atomic mass is 35.5. The Morgan fingerprint density at radius 1 is 1.21 bits per heavy atom. The van der Waals surface area contributed by atoms with Gasteiger partial charge in [-0.15, -0.1) is 11.6 Å². The first-order valence-electron chi connectivity index (χ1n) is 6.57. The zero-order chi connectivity index (χ0) is 13.8. The van der Waals surface area contributed by atoms with Gasteiger partial charge >= 0.3 is 0 Å². The lowest BCUT2D eigenvalue weighted by atomic mass is 10.2. The van der Waals surface area contributed by atoms with Gasteiger partial charge < -0.3 is 4.57 Å². The molecule has 0 saturated heterocycles. The summed E-state index contributed by atoms with van der Waals surface area (Å²) in [6.07, 6.45) is 4.36. The SMILES string of the molecule is CCCCCCn1c(CCl)nc2c(F)cc(F)cc21. The molecule has 5 heteroatoms. The molecule has 0 unspecified atom stereocenters. The van der Waals surface area contributed by atoms with E-state index in [2.05, 4.69) is 11.9 Å². The van der Waals surface area contributed by atoms with Crippen LogP contribution in [0.1, 0.15) is 38.4 Å². The zero-order valence-corrected chi connectivity index (χ0v) is 11.7. The summed E-state index contributed by atoms with van der Waals surface area (Å²) in [4.78, 5) is 4.16. The van der Waals surface area contributed by atoms with Crippen molar-refractivity contribution in [2.75, 3.05) is 0 Å². The van der Waals surface area contributed by atoms with Crippen molar-refractivity contribution in [1.29, 1.82) is 0 Å². The van der Waals surface area contributed by atoms with Crippen LogP contribution in [0.15, 0.2) is 12.1 Å². The van der Waals surface area contributed by atoms with Gasteiger partial charge in [-0.05, 0) is 12.5 Å². The maximum absolute atomic E-state index is 13.7. The van der Waals surface area contributed by atoms with E-state index in [0.717, 1.165) is 31.7 Å². The second kappa shape index (κ2) is 6.33. The van der Waals surface area contributed by atoms with E-state index in [1.807, 2.05) is 4.57 Å². The summed E-state index contributed by atoms with van der Waals surface area (Å²) in [7, 11) is 0. The lowest BCUT2D eigenvalue weighted by Gasteiger charge is -2.07. The Hall–Kier alpha value is -1.16. The molecule has 1 aromatic heterocycles. The van der Waals surface area contributed by atoms with Crippen LogP contribution >= 0.6 is 11.6 Å². The van der Waals surface area contributed by atoms with Crippen molar-refractivity contribution in [2.24, 2.45) is 0 Å². The average Bonchev–Trinajstić information content (AvgIpc) is 2.73. The number of hydrogen-bond donors (Lipinski definition) is 0. The molecular weight excluding hydrogens is 270 g/mol. The smallest absolute Gasteiger partial charge is 0.153 e. The maximum atomic E-state index is 13.7. The lowest BCUT2D eigenvalue weighted by Crippen LogP contribution is -2.02. The van der Waals surface area contributed by atoms with Crippen molar-refractivity contribution in [3.8, 4) is 0 Å². The Kier molecular flexibility index (Phi) is 4.75. The summed E-state index contributed by atoms with van der Waals surface area (Å²) in [6, 6.07) is 2.18. The Balaban J connectivity index is 2.34. The van der Waals surface area contributed by atoms with Crippen molar-refractivity contribution in [3.63, 3.8) is 0 Å². The van der Waals surface area contributed by atoms with Gasteiger partial charge in [-0.2, -0.15) is 0 Å². The van der Waals surface area contributed by atoms with Crippen molar-refractivity contribution in [3.05, 3.63) is 29.6 Å². The molecule has 2 nitrogen and oxygen atoms in total. The number of alkyl halides is 1. The van der Waals surface area contributed by atoms with Crippen LogP contribution in [0.2, 0.25) is 0 Å². The average molecular weight is 287 g/mol. The van der Waals surface area contributed by atoms with Crippen LogP contribution in [0, 0.1) is 11.6 Å². The van der Waals surface area contributed by atoms with Crippen molar-refractivity contribution in [2.45, 2.75) is 45.0 Å². The highest BCUT2D eigenvalue weighted by molar-refractivity contribution is 6.16. The first kappa shape index (κ1) is 14.3. The number of imidazole rings is 1. The molecule has 2 rings (SSSR count). The number of rotatable bonds is 6. The van der Waals surface area contributed by atoms with Crippen LogP contribution in [0.25, 0.3) is 11.0 Å². The Morgan fingerprint density at radius 2 is 2.00 bits per heavy atom. The van der Waals surface area contributed by atoms with E-state index in [-0.39, 0.29) is 11.4 Å². The predicted molar refractivity (Wildman–Crippen MR) is 73.3 cm³/mol. The van der Waals surface area contributed by atoms with Crippen molar-refractivity contribution >= 4 is 22.6 Å². The van der Waals surface area contributed by atoms with Crippen LogP contribution in [-0.2, 0) is 12.4 Å². The number of hydrogen-bond acceptors (Lipinski definition) is 1. The van der Waals surface area contributed by atoms with E-state index < -0.39 is 11.6 Å². The van der Waals surface area contributed by atoms with Crippen LogP contribution in [-0.4, -0.2) is 9.55 Å². The highest BCUT2D eigenvalue weighted by Gasteiger charge is 2.14. The molecule has 1 heterocycles. The Bertz CT molecular complexity index is 566. The fourth-order valence-corrected chi connectivity index (χ4v) is 2.45. The van der Waals surface area contributed by atoms with Gasteiger partial charge in [-0.25, -0.2) is 13.8 Å². The third-order valence-electron chi connectivity index (χ3n) is 3.21. The number of fused-ring (bicyclic) bond motifs is 1. The maximum Gasteiger partial charge on any atom is 0.153 e. The normalized spacial score (nSPS) is 11.4. The van der Waals surface area contributed by atoms with Gasteiger partial charge in [0.25, 0.3) is 0 Å². The number of halogens is 3. The van der Waals surface area contributed by atoms with Crippen molar-refractivity contribution in [1.82, 2.24) is 9.55 Å². The van der Waals surface area contributed by atoms with E-state index in [9.17, 15) is 8.78 Å². The quantitative estimate of drug-likeness (QED) is 0.559. The minimum absolute atomic E-state index is 0.198. The minimum atomic E-state index is -0.631. The number of aryl methyl sites for hydroxylation is 1. The summed E-state index contributed by atoms with van der Waals surface area (Å²) in [5.74, 6) is -0.420. The van der Waals surface area contributed by atoms with Gasteiger partial charge in [0.15, 0.2) is 5.82 Å². The van der Waals surface area contributed by atoms with Gasteiger partial charge in [0, 0.05) is 12.6 Å². The van der Waals surface area contributed by atoms with E-state index >= 15 is 0 Å². The van der Waals surface area contributed by atoms with Crippen LogP contribution < -0.4 is 0 Å². The molecule has 0 spiro atoms. The fraction of sp³-hybridized carbons (Fsp3) is 0.500. The summed E-state index contributed by atoms with van der Waals surface area (Å²) >= 11 is 5.84. The standard InChI is InChI=1S/C14H17ClF2N2/c1-2-3-4-5-6-19-12-8-10(16)7-11(17)14(12)18-13(19)9-15/h7-8H,2-6,9H2,1H3. The van der Waals surface area contributed by atoms with E-state index in [1.54, 1.807) is 0 Å². The largest absolute Gasteiger partial charge is 0.327 e. The molecule has 0 radical (unpaired) electrons. The third kappa shape index (κ3) is 3.06.